The smallest absolute Gasteiger partial charge is 0.254 e. The van der Waals surface area contributed by atoms with Crippen LogP contribution in [0, 0.1) is 24.6 Å². The van der Waals surface area contributed by atoms with Crippen molar-refractivity contribution in [3.8, 4) is 17.0 Å². The molecule has 2 saturated heterocycles. The molecule has 0 saturated carbocycles. The molecule has 32 heavy (non-hydrogen) atoms. The molecule has 2 aliphatic rings. The molecule has 1 aromatic heterocycles. The van der Waals surface area contributed by atoms with Gasteiger partial charge in [0, 0.05) is 50.3 Å². The molecule has 0 spiro atoms. The minimum absolute atomic E-state index is 0.0148. The van der Waals surface area contributed by atoms with E-state index in [-0.39, 0.29) is 11.7 Å². The topological polar surface area (TPSA) is 58.6 Å². The first kappa shape index (κ1) is 20.4. The second-order valence-corrected chi connectivity index (χ2v) is 8.54. The van der Waals surface area contributed by atoms with E-state index in [4.69, 9.17) is 4.74 Å². The fourth-order valence-corrected chi connectivity index (χ4v) is 4.93. The van der Waals surface area contributed by atoms with E-state index in [1.165, 1.54) is 12.1 Å². The summed E-state index contributed by atoms with van der Waals surface area (Å²) in [6, 6.07) is 13.9. The average Bonchev–Trinajstić information content (AvgIpc) is 3.38. The number of fused-ring (bicyclic) bond motifs is 1. The summed E-state index contributed by atoms with van der Waals surface area (Å²) in [4.78, 5) is 26.5. The number of halogens is 1. The van der Waals surface area contributed by atoms with Crippen LogP contribution in [-0.4, -0.2) is 54.1 Å². The van der Waals surface area contributed by atoms with Crippen LogP contribution in [0.25, 0.3) is 11.1 Å². The van der Waals surface area contributed by atoms with E-state index in [1.807, 2.05) is 36.1 Å². The number of hydrogen-bond acceptors (Lipinski definition) is 5. The van der Waals surface area contributed by atoms with Gasteiger partial charge in [-0.3, -0.25) is 4.79 Å². The Hall–Kier alpha value is -3.48. The molecule has 2 unspecified atom stereocenters. The van der Waals surface area contributed by atoms with Crippen molar-refractivity contribution in [2.24, 2.45) is 11.8 Å². The van der Waals surface area contributed by atoms with E-state index in [0.717, 1.165) is 29.8 Å². The number of aromatic nitrogens is 2. The minimum atomic E-state index is -0.307. The highest BCUT2D eigenvalue weighted by Crippen LogP contribution is 2.35. The van der Waals surface area contributed by atoms with Crippen molar-refractivity contribution < 1.29 is 13.9 Å². The standard InChI is InChI=1S/C25H25FN4O2/c1-16-5-3-8-21(17-6-4-7-20(26)11-17)23(16)24(31)29-12-18-14-30(15-19(18)13-29)25-27-10-9-22(28-25)32-2/h3-11,18-19H,12-15H2,1-2H3. The summed E-state index contributed by atoms with van der Waals surface area (Å²) in [6.07, 6.45) is 1.71. The number of likely N-dealkylation sites (tertiary alicyclic amines) is 1. The lowest BCUT2D eigenvalue weighted by Crippen LogP contribution is -2.34. The number of ether oxygens (including phenoxy) is 1. The van der Waals surface area contributed by atoms with Crippen molar-refractivity contribution in [2.75, 3.05) is 38.2 Å². The lowest BCUT2D eigenvalue weighted by molar-refractivity contribution is 0.0782. The minimum Gasteiger partial charge on any atom is -0.481 e. The second kappa shape index (κ2) is 8.22. The van der Waals surface area contributed by atoms with Crippen LogP contribution in [0.15, 0.2) is 54.7 Å². The number of benzene rings is 2. The van der Waals surface area contributed by atoms with E-state index in [0.29, 0.717) is 42.3 Å². The Morgan fingerprint density at radius 3 is 2.53 bits per heavy atom. The van der Waals surface area contributed by atoms with Crippen molar-refractivity contribution in [3.05, 3.63) is 71.7 Å². The molecule has 3 aromatic rings. The Bertz CT molecular complexity index is 1150. The highest BCUT2D eigenvalue weighted by Gasteiger charge is 2.43. The average molecular weight is 432 g/mol. The van der Waals surface area contributed by atoms with Gasteiger partial charge in [0.15, 0.2) is 0 Å². The molecule has 164 valence electrons. The van der Waals surface area contributed by atoms with Gasteiger partial charge >= 0.3 is 0 Å². The van der Waals surface area contributed by atoms with Crippen LogP contribution in [0.1, 0.15) is 15.9 Å². The largest absolute Gasteiger partial charge is 0.481 e. The van der Waals surface area contributed by atoms with E-state index < -0.39 is 0 Å². The molecule has 3 heterocycles. The van der Waals surface area contributed by atoms with E-state index >= 15 is 0 Å². The number of methoxy groups -OCH3 is 1. The Morgan fingerprint density at radius 1 is 1.06 bits per heavy atom. The number of amides is 1. The number of rotatable bonds is 4. The van der Waals surface area contributed by atoms with Crippen LogP contribution in [0.4, 0.5) is 10.3 Å². The van der Waals surface area contributed by atoms with Crippen molar-refractivity contribution in [3.63, 3.8) is 0 Å². The van der Waals surface area contributed by atoms with Crippen molar-refractivity contribution in [2.45, 2.75) is 6.92 Å². The summed E-state index contributed by atoms with van der Waals surface area (Å²) in [5.41, 5.74) is 3.06. The molecule has 2 aromatic carbocycles. The number of hydrogen-bond donors (Lipinski definition) is 0. The van der Waals surface area contributed by atoms with Crippen molar-refractivity contribution in [1.29, 1.82) is 0 Å². The maximum absolute atomic E-state index is 13.8. The summed E-state index contributed by atoms with van der Waals surface area (Å²) < 4.78 is 19.1. The maximum atomic E-state index is 13.8. The fraction of sp³-hybridized carbons (Fsp3) is 0.320. The molecule has 5 rings (SSSR count). The van der Waals surface area contributed by atoms with Crippen LogP contribution < -0.4 is 9.64 Å². The lowest BCUT2D eigenvalue weighted by atomic mass is 9.95. The number of nitrogens with zero attached hydrogens (tertiary/aromatic N) is 4. The number of carbonyl (C=O) groups is 1. The zero-order chi connectivity index (χ0) is 22.2. The molecule has 0 bridgehead atoms. The van der Waals surface area contributed by atoms with E-state index in [2.05, 4.69) is 14.9 Å². The maximum Gasteiger partial charge on any atom is 0.254 e. The summed E-state index contributed by atoms with van der Waals surface area (Å²) in [5.74, 6) is 1.67. The third-order valence-corrected chi connectivity index (χ3v) is 6.51. The van der Waals surface area contributed by atoms with Gasteiger partial charge in [0.1, 0.15) is 5.82 Å². The number of aryl methyl sites for hydroxylation is 1. The second-order valence-electron chi connectivity index (χ2n) is 8.54. The van der Waals surface area contributed by atoms with Crippen LogP contribution in [0.2, 0.25) is 0 Å². The fourth-order valence-electron chi connectivity index (χ4n) is 4.93. The first-order valence-corrected chi connectivity index (χ1v) is 10.8. The Morgan fingerprint density at radius 2 is 1.81 bits per heavy atom. The van der Waals surface area contributed by atoms with Crippen molar-refractivity contribution >= 4 is 11.9 Å². The molecule has 1 amide bonds. The van der Waals surface area contributed by atoms with Gasteiger partial charge in [-0.2, -0.15) is 4.98 Å². The van der Waals surface area contributed by atoms with Gasteiger partial charge in [0.2, 0.25) is 11.8 Å². The zero-order valence-electron chi connectivity index (χ0n) is 18.2. The number of anilines is 1. The van der Waals surface area contributed by atoms with Crippen LogP contribution in [-0.2, 0) is 0 Å². The Labute approximate surface area is 186 Å². The third kappa shape index (κ3) is 3.68. The molecule has 2 fully saturated rings. The van der Waals surface area contributed by atoms with Gasteiger partial charge in [-0.15, -0.1) is 0 Å². The molecule has 2 atom stereocenters. The first-order valence-electron chi connectivity index (χ1n) is 10.8. The van der Waals surface area contributed by atoms with E-state index in [9.17, 15) is 9.18 Å². The Balaban J connectivity index is 1.35. The van der Waals surface area contributed by atoms with Crippen LogP contribution in [0.5, 0.6) is 5.88 Å². The zero-order valence-corrected chi connectivity index (χ0v) is 18.2. The molecule has 7 heteroatoms. The predicted octanol–water partition coefficient (Wildman–Crippen LogP) is 3.81. The first-order chi connectivity index (χ1) is 15.5. The van der Waals surface area contributed by atoms with Gasteiger partial charge in [-0.05, 0) is 35.7 Å². The lowest BCUT2D eigenvalue weighted by Gasteiger charge is -2.23. The molecule has 2 aliphatic heterocycles. The quantitative estimate of drug-likeness (QED) is 0.628. The van der Waals surface area contributed by atoms with Gasteiger partial charge in [0.25, 0.3) is 5.91 Å². The molecular formula is C25H25FN4O2. The molecule has 0 N–H and O–H groups in total. The van der Waals surface area contributed by atoms with Gasteiger partial charge in [-0.1, -0.05) is 30.3 Å². The van der Waals surface area contributed by atoms with E-state index in [1.54, 1.807) is 25.4 Å². The third-order valence-electron chi connectivity index (χ3n) is 6.51. The SMILES string of the molecule is COc1ccnc(N2CC3CN(C(=O)c4c(C)cccc4-c4cccc(F)c4)CC3C2)n1. The van der Waals surface area contributed by atoms with Gasteiger partial charge in [0.05, 0.1) is 12.7 Å². The molecular weight excluding hydrogens is 407 g/mol. The molecule has 0 radical (unpaired) electrons. The van der Waals surface area contributed by atoms with Crippen molar-refractivity contribution in [1.82, 2.24) is 14.9 Å². The normalized spacial score (nSPS) is 19.8. The van der Waals surface area contributed by atoms with Gasteiger partial charge < -0.3 is 14.5 Å². The highest BCUT2D eigenvalue weighted by molar-refractivity contribution is 6.02. The molecule has 6 nitrogen and oxygen atoms in total. The number of carbonyl (C=O) groups excluding carboxylic acids is 1. The van der Waals surface area contributed by atoms with Gasteiger partial charge in [-0.25, -0.2) is 9.37 Å². The summed E-state index contributed by atoms with van der Waals surface area (Å²) in [6.45, 7) is 4.95. The summed E-state index contributed by atoms with van der Waals surface area (Å²) in [5, 5.41) is 0. The summed E-state index contributed by atoms with van der Waals surface area (Å²) in [7, 11) is 1.60. The predicted molar refractivity (Wildman–Crippen MR) is 120 cm³/mol. The monoisotopic (exact) mass is 432 g/mol. The highest BCUT2D eigenvalue weighted by atomic mass is 19.1. The van der Waals surface area contributed by atoms with Crippen LogP contribution in [0.3, 0.4) is 0 Å². The molecule has 0 aliphatic carbocycles. The summed E-state index contributed by atoms with van der Waals surface area (Å²) >= 11 is 0. The van der Waals surface area contributed by atoms with Crippen LogP contribution >= 0.6 is 0 Å². The Kier molecular flexibility index (Phi) is 5.25.